The van der Waals surface area contributed by atoms with Crippen molar-refractivity contribution in [2.24, 2.45) is 5.41 Å². The van der Waals surface area contributed by atoms with Crippen molar-refractivity contribution in [1.29, 1.82) is 0 Å². The summed E-state index contributed by atoms with van der Waals surface area (Å²) in [7, 11) is 0. The quantitative estimate of drug-likeness (QED) is 0.830. The minimum Gasteiger partial charge on any atom is -0.375 e. The van der Waals surface area contributed by atoms with Crippen molar-refractivity contribution in [2.45, 2.75) is 32.4 Å². The van der Waals surface area contributed by atoms with Crippen molar-refractivity contribution in [3.63, 3.8) is 0 Å². The van der Waals surface area contributed by atoms with E-state index in [0.717, 1.165) is 39.1 Å². The molecule has 2 fully saturated rings. The van der Waals surface area contributed by atoms with Gasteiger partial charge < -0.3 is 4.74 Å². The number of nitrogens with zero attached hydrogens (tertiary/aromatic N) is 1. The molecule has 1 atom stereocenters. The van der Waals surface area contributed by atoms with Crippen LogP contribution < -0.4 is 0 Å². The van der Waals surface area contributed by atoms with Crippen molar-refractivity contribution >= 4 is 5.78 Å². The molecule has 3 heteroatoms. The molecule has 0 radical (unpaired) electrons. The Hall–Kier alpha value is -1.19. The average molecular weight is 259 g/mol. The second-order valence-corrected chi connectivity index (χ2v) is 5.79. The monoisotopic (exact) mass is 259 g/mol. The molecule has 3 nitrogen and oxygen atoms in total. The lowest BCUT2D eigenvalue weighted by Gasteiger charge is -2.36. The van der Waals surface area contributed by atoms with Gasteiger partial charge in [0, 0.05) is 19.6 Å². The maximum atomic E-state index is 11.8. The molecule has 0 aromatic heterocycles. The molecule has 1 aromatic carbocycles. The van der Waals surface area contributed by atoms with E-state index < -0.39 is 0 Å². The molecule has 0 spiro atoms. The van der Waals surface area contributed by atoms with Crippen LogP contribution >= 0.6 is 0 Å². The number of Topliss-reactive ketones (excluding diaryl/α,β-unsaturated/α-hetero) is 1. The van der Waals surface area contributed by atoms with Crippen LogP contribution in [0, 0.1) is 5.41 Å². The van der Waals surface area contributed by atoms with Gasteiger partial charge >= 0.3 is 0 Å². The number of ketones is 1. The number of rotatable bonds is 4. The molecule has 1 unspecified atom stereocenters. The predicted octanol–water partition coefficient (Wildman–Crippen LogP) is 2.26. The fourth-order valence-corrected chi connectivity index (χ4v) is 3.06. The third kappa shape index (κ3) is 2.58. The topological polar surface area (TPSA) is 29.5 Å². The van der Waals surface area contributed by atoms with Gasteiger partial charge in [0.15, 0.2) is 0 Å². The van der Waals surface area contributed by atoms with E-state index in [4.69, 9.17) is 4.74 Å². The van der Waals surface area contributed by atoms with Crippen LogP contribution in [-0.4, -0.2) is 36.5 Å². The minimum absolute atomic E-state index is 0.0995. The maximum absolute atomic E-state index is 11.8. The highest BCUT2D eigenvalue weighted by Crippen LogP contribution is 2.51. The van der Waals surface area contributed by atoms with Crippen LogP contribution in [0.25, 0.3) is 0 Å². The summed E-state index contributed by atoms with van der Waals surface area (Å²) in [6, 6.07) is 10.5. The lowest BCUT2D eigenvalue weighted by molar-refractivity contribution is -0.133. The fraction of sp³-hybridized carbons (Fsp3) is 0.562. The van der Waals surface area contributed by atoms with Gasteiger partial charge in [0.05, 0.1) is 18.1 Å². The number of hydrogen-bond acceptors (Lipinski definition) is 3. The number of morpholine rings is 1. The highest BCUT2D eigenvalue weighted by atomic mass is 16.5. The Morgan fingerprint density at radius 1 is 1.37 bits per heavy atom. The largest absolute Gasteiger partial charge is 0.375 e. The summed E-state index contributed by atoms with van der Waals surface area (Å²) in [5, 5.41) is 0. The molecular formula is C16H21NO2. The highest BCUT2D eigenvalue weighted by molar-refractivity contribution is 5.85. The smallest absolute Gasteiger partial charge is 0.138 e. The zero-order valence-electron chi connectivity index (χ0n) is 11.5. The average Bonchev–Trinajstić information content (AvgIpc) is 3.22. The molecular weight excluding hydrogens is 238 g/mol. The van der Waals surface area contributed by atoms with Gasteiger partial charge in [-0.25, -0.2) is 0 Å². The van der Waals surface area contributed by atoms with Crippen LogP contribution in [-0.2, 0) is 16.1 Å². The Bertz CT molecular complexity index is 453. The lowest BCUT2D eigenvalue weighted by atomic mass is 9.93. The summed E-state index contributed by atoms with van der Waals surface area (Å²) >= 11 is 0. The molecule has 19 heavy (non-hydrogen) atoms. The van der Waals surface area contributed by atoms with Gasteiger partial charge in [-0.1, -0.05) is 30.3 Å². The molecule has 0 amide bonds. The normalized spacial score (nSPS) is 26.1. The number of carbonyl (C=O) groups excluding carboxylic acids is 1. The summed E-state index contributed by atoms with van der Waals surface area (Å²) < 4.78 is 5.87. The van der Waals surface area contributed by atoms with Crippen LogP contribution in [0.2, 0.25) is 0 Å². The highest BCUT2D eigenvalue weighted by Gasteiger charge is 2.55. The van der Waals surface area contributed by atoms with Crippen LogP contribution in [0.1, 0.15) is 25.3 Å². The van der Waals surface area contributed by atoms with E-state index in [1.54, 1.807) is 6.92 Å². The summed E-state index contributed by atoms with van der Waals surface area (Å²) in [4.78, 5) is 14.2. The summed E-state index contributed by atoms with van der Waals surface area (Å²) in [5.41, 5.74) is 1.17. The van der Waals surface area contributed by atoms with E-state index in [0.29, 0.717) is 5.78 Å². The zero-order chi connectivity index (χ0) is 13.3. The molecule has 1 aromatic rings. The SMILES string of the molecule is CC(=O)C1(C2CN(Cc3ccccc3)CCO2)CC1. The Kier molecular flexibility index (Phi) is 3.42. The van der Waals surface area contributed by atoms with Crippen LogP contribution in [0.15, 0.2) is 30.3 Å². The number of hydrogen-bond donors (Lipinski definition) is 0. The Morgan fingerprint density at radius 2 is 2.11 bits per heavy atom. The molecule has 1 heterocycles. The molecule has 0 bridgehead atoms. The summed E-state index contributed by atoms with van der Waals surface area (Å²) in [6.07, 6.45) is 2.11. The first kappa shape index (κ1) is 12.8. The van der Waals surface area contributed by atoms with Gasteiger partial charge in [0.1, 0.15) is 5.78 Å². The second-order valence-electron chi connectivity index (χ2n) is 5.79. The number of benzene rings is 1. The first-order valence-electron chi connectivity index (χ1n) is 7.10. The van der Waals surface area contributed by atoms with E-state index in [1.165, 1.54) is 5.56 Å². The summed E-state index contributed by atoms with van der Waals surface area (Å²) in [5.74, 6) is 0.305. The Morgan fingerprint density at radius 3 is 2.74 bits per heavy atom. The van der Waals surface area contributed by atoms with Gasteiger partial charge in [-0.3, -0.25) is 9.69 Å². The number of carbonyl (C=O) groups is 1. The van der Waals surface area contributed by atoms with Gasteiger partial charge in [-0.2, -0.15) is 0 Å². The van der Waals surface area contributed by atoms with Crippen molar-refractivity contribution in [2.75, 3.05) is 19.7 Å². The molecule has 1 saturated heterocycles. The molecule has 2 aliphatic rings. The first-order valence-corrected chi connectivity index (χ1v) is 7.10. The molecule has 1 aliphatic carbocycles. The van der Waals surface area contributed by atoms with Gasteiger partial charge in [0.25, 0.3) is 0 Å². The van der Waals surface area contributed by atoms with E-state index >= 15 is 0 Å². The second kappa shape index (κ2) is 5.06. The third-order valence-corrected chi connectivity index (χ3v) is 4.51. The predicted molar refractivity (Wildman–Crippen MR) is 73.8 cm³/mol. The van der Waals surface area contributed by atoms with Gasteiger partial charge in [-0.05, 0) is 25.3 Å². The van der Waals surface area contributed by atoms with Crippen molar-refractivity contribution in [1.82, 2.24) is 4.90 Å². The third-order valence-electron chi connectivity index (χ3n) is 4.51. The molecule has 3 rings (SSSR count). The van der Waals surface area contributed by atoms with Crippen molar-refractivity contribution in [3.05, 3.63) is 35.9 Å². The van der Waals surface area contributed by atoms with Crippen LogP contribution in [0.5, 0.6) is 0 Å². The van der Waals surface area contributed by atoms with Crippen molar-refractivity contribution < 1.29 is 9.53 Å². The minimum atomic E-state index is -0.157. The van der Waals surface area contributed by atoms with E-state index in [1.807, 2.05) is 6.07 Å². The van der Waals surface area contributed by atoms with E-state index in [9.17, 15) is 4.79 Å². The maximum Gasteiger partial charge on any atom is 0.138 e. The molecule has 1 aliphatic heterocycles. The van der Waals surface area contributed by atoms with Crippen LogP contribution in [0.3, 0.4) is 0 Å². The standard InChI is InChI=1S/C16H21NO2/c1-13(18)16(7-8-16)15-12-17(9-10-19-15)11-14-5-3-2-4-6-14/h2-6,15H,7-12H2,1H3. The first-order chi connectivity index (χ1) is 9.21. The number of ether oxygens (including phenoxy) is 1. The van der Waals surface area contributed by atoms with Gasteiger partial charge in [-0.15, -0.1) is 0 Å². The molecule has 102 valence electrons. The zero-order valence-corrected chi connectivity index (χ0v) is 11.5. The van der Waals surface area contributed by atoms with Gasteiger partial charge in [0.2, 0.25) is 0 Å². The van der Waals surface area contributed by atoms with E-state index in [2.05, 4.69) is 29.2 Å². The lowest BCUT2D eigenvalue weighted by Crippen LogP contribution is -2.47. The summed E-state index contributed by atoms with van der Waals surface area (Å²) in [6.45, 7) is 5.25. The molecule has 1 saturated carbocycles. The Labute approximate surface area is 114 Å². The van der Waals surface area contributed by atoms with Crippen molar-refractivity contribution in [3.8, 4) is 0 Å². The molecule has 0 N–H and O–H groups in total. The fourth-order valence-electron chi connectivity index (χ4n) is 3.06. The Balaban J connectivity index is 1.64. The van der Waals surface area contributed by atoms with Crippen LogP contribution in [0.4, 0.5) is 0 Å². The van der Waals surface area contributed by atoms with E-state index in [-0.39, 0.29) is 11.5 Å².